The summed E-state index contributed by atoms with van der Waals surface area (Å²) in [6, 6.07) is 2.23. The van der Waals surface area contributed by atoms with E-state index in [0.29, 0.717) is 23.6 Å². The summed E-state index contributed by atoms with van der Waals surface area (Å²) < 4.78 is 2.41. The van der Waals surface area contributed by atoms with Crippen LogP contribution in [0.2, 0.25) is 0 Å². The van der Waals surface area contributed by atoms with Crippen molar-refractivity contribution in [1.29, 1.82) is 5.26 Å². The summed E-state index contributed by atoms with van der Waals surface area (Å²) in [4.78, 5) is 26.5. The minimum absolute atomic E-state index is 0.0532. The fourth-order valence-corrected chi connectivity index (χ4v) is 3.50. The van der Waals surface area contributed by atoms with Gasteiger partial charge < -0.3 is 4.90 Å². The van der Waals surface area contributed by atoms with Crippen LogP contribution in [0, 0.1) is 29.1 Å². The molecule has 0 bridgehead atoms. The zero-order valence-corrected chi connectivity index (χ0v) is 14.1. The molecule has 1 fully saturated rings. The van der Waals surface area contributed by atoms with Crippen LogP contribution in [0.3, 0.4) is 0 Å². The van der Waals surface area contributed by atoms with Gasteiger partial charge in [0.2, 0.25) is 0 Å². The predicted octanol–water partition coefficient (Wildman–Crippen LogP) is 1.07. The molecule has 120 valence electrons. The minimum Gasteiger partial charge on any atom is -0.353 e. The van der Waals surface area contributed by atoms with E-state index >= 15 is 0 Å². The first-order valence-corrected chi connectivity index (χ1v) is 7.69. The second-order valence-electron chi connectivity index (χ2n) is 6.81. The van der Waals surface area contributed by atoms with Crippen molar-refractivity contribution < 1.29 is 0 Å². The van der Waals surface area contributed by atoms with E-state index in [4.69, 9.17) is 0 Å². The quantitative estimate of drug-likeness (QED) is 0.837. The second-order valence-corrected chi connectivity index (χ2v) is 6.81. The van der Waals surface area contributed by atoms with Gasteiger partial charge in [-0.05, 0) is 17.8 Å². The Labute approximate surface area is 130 Å². The Morgan fingerprint density at radius 2 is 1.68 bits per heavy atom. The van der Waals surface area contributed by atoms with E-state index in [-0.39, 0.29) is 11.6 Å². The van der Waals surface area contributed by atoms with Crippen molar-refractivity contribution in [2.75, 3.05) is 11.4 Å². The van der Waals surface area contributed by atoms with Gasteiger partial charge in [0.15, 0.2) is 5.56 Å². The highest BCUT2D eigenvalue weighted by Gasteiger charge is 2.44. The number of hydrogen-bond acceptors (Lipinski definition) is 4. The number of anilines is 1. The monoisotopic (exact) mass is 304 g/mol. The average Bonchev–Trinajstić information content (AvgIpc) is 2.40. The van der Waals surface area contributed by atoms with E-state index in [1.807, 2.05) is 6.07 Å². The van der Waals surface area contributed by atoms with Crippen LogP contribution in [0.1, 0.15) is 33.3 Å². The maximum absolute atomic E-state index is 12.2. The summed E-state index contributed by atoms with van der Waals surface area (Å²) >= 11 is 0. The third-order valence-corrected chi connectivity index (χ3v) is 4.76. The van der Waals surface area contributed by atoms with Crippen LogP contribution in [0.15, 0.2) is 9.59 Å². The van der Waals surface area contributed by atoms with Crippen molar-refractivity contribution in [3.8, 4) is 6.07 Å². The van der Waals surface area contributed by atoms with Gasteiger partial charge in [-0.1, -0.05) is 27.7 Å². The molecular formula is C16H24N4O2. The number of hydrogen-bond donors (Lipinski definition) is 0. The largest absolute Gasteiger partial charge is 0.353 e. The van der Waals surface area contributed by atoms with E-state index in [1.54, 1.807) is 7.05 Å². The predicted molar refractivity (Wildman–Crippen MR) is 85.9 cm³/mol. The number of rotatable bonds is 3. The molecule has 0 saturated carbocycles. The van der Waals surface area contributed by atoms with Gasteiger partial charge in [-0.15, -0.1) is 0 Å². The average molecular weight is 304 g/mol. The molecule has 2 atom stereocenters. The van der Waals surface area contributed by atoms with Crippen LogP contribution in [0.25, 0.3) is 0 Å². The Morgan fingerprint density at radius 1 is 1.09 bits per heavy atom. The van der Waals surface area contributed by atoms with Crippen LogP contribution >= 0.6 is 0 Å². The van der Waals surface area contributed by atoms with Gasteiger partial charge in [-0.2, -0.15) is 5.26 Å². The number of nitrogens with zero attached hydrogens (tertiary/aromatic N) is 4. The zero-order valence-electron chi connectivity index (χ0n) is 14.1. The van der Waals surface area contributed by atoms with E-state index in [1.165, 1.54) is 11.6 Å². The molecule has 1 aliphatic rings. The van der Waals surface area contributed by atoms with E-state index in [0.717, 1.165) is 11.1 Å². The summed E-state index contributed by atoms with van der Waals surface area (Å²) in [5.41, 5.74) is -0.858. The van der Waals surface area contributed by atoms with Gasteiger partial charge in [-0.3, -0.25) is 13.9 Å². The van der Waals surface area contributed by atoms with Crippen LogP contribution < -0.4 is 16.1 Å². The topological polar surface area (TPSA) is 71.0 Å². The molecular weight excluding hydrogens is 280 g/mol. The Balaban J connectivity index is 2.62. The lowest BCUT2D eigenvalue weighted by molar-refractivity contribution is 0.174. The molecule has 0 radical (unpaired) electrons. The number of nitriles is 1. The molecule has 0 aromatic carbocycles. The fourth-order valence-electron chi connectivity index (χ4n) is 3.50. The van der Waals surface area contributed by atoms with Crippen molar-refractivity contribution in [3.63, 3.8) is 0 Å². The van der Waals surface area contributed by atoms with Gasteiger partial charge in [0.05, 0.1) is 0 Å². The molecule has 1 aliphatic heterocycles. The minimum atomic E-state index is -0.517. The Bertz CT molecular complexity index is 736. The molecule has 1 aromatic heterocycles. The van der Waals surface area contributed by atoms with Crippen molar-refractivity contribution in [2.45, 2.75) is 33.7 Å². The first-order chi connectivity index (χ1) is 10.2. The molecule has 0 spiro atoms. The highest BCUT2D eigenvalue weighted by atomic mass is 16.2. The van der Waals surface area contributed by atoms with E-state index < -0.39 is 11.2 Å². The van der Waals surface area contributed by atoms with Gasteiger partial charge in [0, 0.05) is 26.7 Å². The lowest BCUT2D eigenvalue weighted by atomic mass is 9.74. The SMILES string of the molecule is CC(C)[C@H]1CN(c2c(C#N)c(=O)n(C)c(=O)n2C)[C@@H]1C(C)C. The molecule has 2 rings (SSSR count). The van der Waals surface area contributed by atoms with Crippen molar-refractivity contribution in [2.24, 2.45) is 31.8 Å². The smallest absolute Gasteiger partial charge is 0.332 e. The fraction of sp³-hybridized carbons (Fsp3) is 0.688. The van der Waals surface area contributed by atoms with Gasteiger partial charge in [0.25, 0.3) is 5.56 Å². The molecule has 22 heavy (non-hydrogen) atoms. The molecule has 0 N–H and O–H groups in total. The van der Waals surface area contributed by atoms with Crippen molar-refractivity contribution in [1.82, 2.24) is 9.13 Å². The van der Waals surface area contributed by atoms with E-state index in [2.05, 4.69) is 32.6 Å². The van der Waals surface area contributed by atoms with Gasteiger partial charge >= 0.3 is 5.69 Å². The second kappa shape index (κ2) is 5.64. The molecule has 2 heterocycles. The van der Waals surface area contributed by atoms with Crippen LogP contribution in [0.5, 0.6) is 0 Å². The first-order valence-electron chi connectivity index (χ1n) is 7.69. The van der Waals surface area contributed by atoms with Crippen molar-refractivity contribution in [3.05, 3.63) is 26.4 Å². The van der Waals surface area contributed by atoms with Crippen LogP contribution in [-0.4, -0.2) is 21.7 Å². The van der Waals surface area contributed by atoms with E-state index in [9.17, 15) is 14.9 Å². The Morgan fingerprint density at radius 3 is 2.14 bits per heavy atom. The summed E-state index contributed by atoms with van der Waals surface area (Å²) in [5, 5.41) is 9.40. The molecule has 0 amide bonds. The Kier molecular flexibility index (Phi) is 4.19. The first kappa shape index (κ1) is 16.3. The lowest BCUT2D eigenvalue weighted by Crippen LogP contribution is -2.62. The van der Waals surface area contributed by atoms with Crippen LogP contribution in [0.4, 0.5) is 5.82 Å². The zero-order chi connectivity index (χ0) is 16.8. The molecule has 1 aromatic rings. The molecule has 0 unspecified atom stereocenters. The highest BCUT2D eigenvalue weighted by Crippen LogP contribution is 2.39. The maximum atomic E-state index is 12.2. The lowest BCUT2D eigenvalue weighted by Gasteiger charge is -2.54. The highest BCUT2D eigenvalue weighted by molar-refractivity contribution is 5.56. The molecule has 1 saturated heterocycles. The number of aromatic nitrogens is 2. The third kappa shape index (κ3) is 2.25. The standard InChI is InChI=1S/C16H24N4O2/c1-9(2)12-8-20(13(12)10(3)4)14-11(7-17)15(21)19(6)16(22)18(14)5/h9-10,12-13H,8H2,1-6H3/t12-,13-/m1/s1. The normalized spacial score (nSPS) is 21.1. The Hall–Kier alpha value is -2.03. The molecule has 0 aliphatic carbocycles. The summed E-state index contributed by atoms with van der Waals surface area (Å²) in [7, 11) is 3.03. The summed E-state index contributed by atoms with van der Waals surface area (Å²) in [5.74, 6) is 1.88. The maximum Gasteiger partial charge on any atom is 0.332 e. The summed E-state index contributed by atoms with van der Waals surface area (Å²) in [6.07, 6.45) is 0. The molecule has 6 nitrogen and oxygen atoms in total. The molecule has 6 heteroatoms. The van der Waals surface area contributed by atoms with Crippen LogP contribution in [-0.2, 0) is 14.1 Å². The van der Waals surface area contributed by atoms with Gasteiger partial charge in [0.1, 0.15) is 11.9 Å². The van der Waals surface area contributed by atoms with Crippen molar-refractivity contribution >= 4 is 5.82 Å². The van der Waals surface area contributed by atoms with Gasteiger partial charge in [-0.25, -0.2) is 4.79 Å². The summed E-state index contributed by atoms with van der Waals surface area (Å²) in [6.45, 7) is 9.42. The third-order valence-electron chi connectivity index (χ3n) is 4.76.